The van der Waals surface area contributed by atoms with Gasteiger partial charge in [0.1, 0.15) is 5.82 Å². The van der Waals surface area contributed by atoms with Gasteiger partial charge < -0.3 is 10.6 Å². The second-order valence-electron chi connectivity index (χ2n) is 7.95. The number of carbonyl (C=O) groups excluding carboxylic acids is 1. The van der Waals surface area contributed by atoms with Gasteiger partial charge >= 0.3 is 6.03 Å². The molecular weight excluding hydrogens is 465 g/mol. The molecule has 0 aliphatic carbocycles. The quantitative estimate of drug-likeness (QED) is 0.335. The van der Waals surface area contributed by atoms with Crippen LogP contribution in [0.25, 0.3) is 11.1 Å². The van der Waals surface area contributed by atoms with E-state index in [0.717, 1.165) is 5.56 Å². The van der Waals surface area contributed by atoms with Gasteiger partial charge in [0.05, 0.1) is 10.6 Å². The van der Waals surface area contributed by atoms with E-state index < -0.39 is 16.1 Å². The van der Waals surface area contributed by atoms with Crippen molar-refractivity contribution < 1.29 is 17.6 Å². The first-order valence-electron chi connectivity index (χ1n) is 10.8. The Morgan fingerprint density at radius 2 is 1.46 bits per heavy atom. The molecule has 4 aromatic carbocycles. The molecular formula is C27H24FN3O3S. The molecule has 4 aromatic rings. The Hall–Kier alpha value is -4.17. The zero-order valence-electron chi connectivity index (χ0n) is 19.2. The summed E-state index contributed by atoms with van der Waals surface area (Å²) in [5.41, 5.74) is 3.59. The third-order valence-electron chi connectivity index (χ3n) is 5.51. The molecule has 8 heteroatoms. The van der Waals surface area contributed by atoms with Crippen molar-refractivity contribution in [2.45, 2.75) is 11.8 Å². The molecule has 0 fully saturated rings. The topological polar surface area (TPSA) is 78.5 Å². The highest BCUT2D eigenvalue weighted by Crippen LogP contribution is 2.30. The summed E-state index contributed by atoms with van der Waals surface area (Å²) in [6, 6.07) is 26.0. The van der Waals surface area contributed by atoms with Crippen LogP contribution in [0.3, 0.4) is 0 Å². The summed E-state index contributed by atoms with van der Waals surface area (Å²) >= 11 is 0. The Labute approximate surface area is 204 Å². The number of amides is 2. The molecule has 0 spiro atoms. The maximum Gasteiger partial charge on any atom is 0.323 e. The lowest BCUT2D eigenvalue weighted by Crippen LogP contribution is -2.27. The van der Waals surface area contributed by atoms with Crippen LogP contribution in [0.5, 0.6) is 0 Å². The van der Waals surface area contributed by atoms with Gasteiger partial charge in [0.25, 0.3) is 10.0 Å². The average Bonchev–Trinajstić information content (AvgIpc) is 2.86. The number of urea groups is 1. The number of para-hydroxylation sites is 1. The first-order valence-corrected chi connectivity index (χ1v) is 12.3. The van der Waals surface area contributed by atoms with Crippen molar-refractivity contribution in [2.75, 3.05) is 22.0 Å². The van der Waals surface area contributed by atoms with Crippen LogP contribution in [0, 0.1) is 12.7 Å². The highest BCUT2D eigenvalue weighted by Gasteiger charge is 2.23. The highest BCUT2D eigenvalue weighted by atomic mass is 32.2. The highest BCUT2D eigenvalue weighted by molar-refractivity contribution is 7.92. The van der Waals surface area contributed by atoms with Crippen molar-refractivity contribution in [3.8, 4) is 11.1 Å². The van der Waals surface area contributed by atoms with E-state index in [0.29, 0.717) is 28.2 Å². The largest absolute Gasteiger partial charge is 0.323 e. The van der Waals surface area contributed by atoms with Gasteiger partial charge in [0.15, 0.2) is 0 Å². The molecule has 4 rings (SSSR count). The van der Waals surface area contributed by atoms with Gasteiger partial charge in [-0.15, -0.1) is 0 Å². The number of nitrogens with one attached hydrogen (secondary N) is 2. The summed E-state index contributed by atoms with van der Waals surface area (Å²) in [6.45, 7) is 1.80. The van der Waals surface area contributed by atoms with E-state index in [-0.39, 0.29) is 10.7 Å². The Morgan fingerprint density at radius 3 is 2.17 bits per heavy atom. The number of rotatable bonds is 6. The van der Waals surface area contributed by atoms with Crippen molar-refractivity contribution in [2.24, 2.45) is 0 Å². The average molecular weight is 490 g/mol. The second kappa shape index (κ2) is 9.99. The Bertz CT molecular complexity index is 1460. The summed E-state index contributed by atoms with van der Waals surface area (Å²) in [5.74, 6) is -0.362. The van der Waals surface area contributed by atoms with Gasteiger partial charge in [-0.1, -0.05) is 48.5 Å². The number of aryl methyl sites for hydroxylation is 1. The molecule has 0 heterocycles. The van der Waals surface area contributed by atoms with Crippen LogP contribution in [-0.4, -0.2) is 21.5 Å². The monoisotopic (exact) mass is 489 g/mol. The van der Waals surface area contributed by atoms with E-state index in [1.165, 1.54) is 29.6 Å². The number of anilines is 3. The number of hydrogen-bond donors (Lipinski definition) is 2. The van der Waals surface area contributed by atoms with Crippen LogP contribution < -0.4 is 14.9 Å². The molecule has 0 saturated carbocycles. The summed E-state index contributed by atoms with van der Waals surface area (Å²) in [7, 11) is -2.45. The molecule has 0 unspecified atom stereocenters. The fourth-order valence-corrected chi connectivity index (χ4v) is 4.91. The fraction of sp³-hybridized carbons (Fsp3) is 0.0741. The van der Waals surface area contributed by atoms with E-state index >= 15 is 0 Å². The van der Waals surface area contributed by atoms with Crippen molar-refractivity contribution in [3.63, 3.8) is 0 Å². The predicted octanol–water partition coefficient (Wildman–Crippen LogP) is 6.27. The Morgan fingerprint density at radius 1 is 0.771 bits per heavy atom. The molecule has 6 nitrogen and oxygen atoms in total. The SMILES string of the molecule is Cc1ccc(NC(=O)Nc2ccccc2)cc1N(C)S(=O)(=O)c1cccc(-c2ccc(F)cc2)c1. The lowest BCUT2D eigenvalue weighted by molar-refractivity contribution is 0.262. The van der Waals surface area contributed by atoms with E-state index in [4.69, 9.17) is 0 Å². The lowest BCUT2D eigenvalue weighted by Gasteiger charge is -2.22. The van der Waals surface area contributed by atoms with Gasteiger partial charge in [-0.2, -0.15) is 0 Å². The molecule has 0 saturated heterocycles. The number of nitrogens with zero attached hydrogens (tertiary/aromatic N) is 1. The van der Waals surface area contributed by atoms with Crippen molar-refractivity contribution in [1.29, 1.82) is 0 Å². The maximum atomic E-state index is 13.5. The van der Waals surface area contributed by atoms with Crippen LogP contribution >= 0.6 is 0 Å². The van der Waals surface area contributed by atoms with E-state index in [2.05, 4.69) is 10.6 Å². The van der Waals surface area contributed by atoms with Crippen molar-refractivity contribution in [3.05, 3.63) is 108 Å². The van der Waals surface area contributed by atoms with E-state index in [1.54, 1.807) is 67.6 Å². The standard InChI is InChI=1S/C27H24FN3O3S/c1-19-11-16-24(30-27(32)29-23-8-4-3-5-9-23)18-26(19)31(2)35(33,34)25-10-6-7-21(17-25)20-12-14-22(28)15-13-20/h3-18H,1-2H3,(H2,29,30,32). The minimum absolute atomic E-state index is 0.0985. The first-order chi connectivity index (χ1) is 16.7. The first kappa shape index (κ1) is 24.0. The smallest absolute Gasteiger partial charge is 0.308 e. The summed E-state index contributed by atoms with van der Waals surface area (Å²) < 4.78 is 41.4. The van der Waals surface area contributed by atoms with E-state index in [9.17, 15) is 17.6 Å². The van der Waals surface area contributed by atoms with Crippen LogP contribution in [0.15, 0.2) is 102 Å². The second-order valence-corrected chi connectivity index (χ2v) is 9.92. The molecule has 0 aromatic heterocycles. The van der Waals surface area contributed by atoms with Crippen LogP contribution in [-0.2, 0) is 10.0 Å². The number of halogens is 1. The van der Waals surface area contributed by atoms with Gasteiger partial charge in [-0.25, -0.2) is 17.6 Å². The molecule has 2 N–H and O–H groups in total. The zero-order valence-corrected chi connectivity index (χ0v) is 20.0. The number of carbonyl (C=O) groups is 1. The molecule has 0 aliphatic rings. The zero-order chi connectivity index (χ0) is 25.0. The van der Waals surface area contributed by atoms with Gasteiger partial charge in [0, 0.05) is 18.4 Å². The van der Waals surface area contributed by atoms with Crippen molar-refractivity contribution >= 4 is 33.1 Å². The predicted molar refractivity (Wildman–Crippen MR) is 138 cm³/mol. The van der Waals surface area contributed by atoms with Gasteiger partial charge in [-0.05, 0) is 72.1 Å². The molecule has 35 heavy (non-hydrogen) atoms. The van der Waals surface area contributed by atoms with Crippen LogP contribution in [0.1, 0.15) is 5.56 Å². The number of hydrogen-bond acceptors (Lipinski definition) is 3. The summed E-state index contributed by atoms with van der Waals surface area (Å²) in [6.07, 6.45) is 0. The molecule has 178 valence electrons. The summed E-state index contributed by atoms with van der Waals surface area (Å²) in [4.78, 5) is 12.5. The minimum atomic E-state index is -3.92. The normalized spacial score (nSPS) is 11.1. The van der Waals surface area contributed by atoms with Crippen LogP contribution in [0.4, 0.5) is 26.2 Å². The number of benzene rings is 4. The molecule has 0 atom stereocenters. The molecule has 0 radical (unpaired) electrons. The van der Waals surface area contributed by atoms with E-state index in [1.807, 2.05) is 18.2 Å². The molecule has 0 bridgehead atoms. The van der Waals surface area contributed by atoms with Gasteiger partial charge in [-0.3, -0.25) is 4.31 Å². The van der Waals surface area contributed by atoms with Gasteiger partial charge in [0.2, 0.25) is 0 Å². The third-order valence-corrected chi connectivity index (χ3v) is 7.28. The van der Waals surface area contributed by atoms with Crippen LogP contribution in [0.2, 0.25) is 0 Å². The summed E-state index contributed by atoms with van der Waals surface area (Å²) in [5, 5.41) is 5.47. The van der Waals surface area contributed by atoms with Crippen molar-refractivity contribution in [1.82, 2.24) is 0 Å². The third kappa shape index (κ3) is 5.50. The molecule has 0 aliphatic heterocycles. The Balaban J connectivity index is 1.58. The lowest BCUT2D eigenvalue weighted by atomic mass is 10.1. The Kier molecular flexibility index (Phi) is 6.84. The fourth-order valence-electron chi connectivity index (χ4n) is 3.61. The minimum Gasteiger partial charge on any atom is -0.308 e. The number of sulfonamides is 1. The maximum absolute atomic E-state index is 13.5. The molecule has 2 amide bonds.